The number of esters is 1. The van der Waals surface area contributed by atoms with Crippen molar-refractivity contribution in [2.24, 2.45) is 11.7 Å². The molecule has 1 fully saturated rings. The van der Waals surface area contributed by atoms with Gasteiger partial charge in [0.15, 0.2) is 0 Å². The lowest BCUT2D eigenvalue weighted by atomic mass is 9.97. The van der Waals surface area contributed by atoms with Gasteiger partial charge >= 0.3 is 5.97 Å². The normalized spacial score (nSPS) is 25.0. The number of carbonyl (C=O) groups excluding carboxylic acids is 1. The predicted molar refractivity (Wildman–Crippen MR) is 61.7 cm³/mol. The topological polar surface area (TPSA) is 52.3 Å². The van der Waals surface area contributed by atoms with E-state index < -0.39 is 17.7 Å². The summed E-state index contributed by atoms with van der Waals surface area (Å²) in [6.45, 7) is 1.77. The molecule has 1 saturated heterocycles. The second-order valence-corrected chi connectivity index (χ2v) is 4.76. The zero-order chi connectivity index (χ0) is 13.3. The van der Waals surface area contributed by atoms with Gasteiger partial charge in [-0.05, 0) is 30.5 Å². The molecular weight excluding hydrogens is 240 g/mol. The van der Waals surface area contributed by atoms with Crippen molar-refractivity contribution in [3.8, 4) is 0 Å². The summed E-state index contributed by atoms with van der Waals surface area (Å²) < 4.78 is 31.1. The quantitative estimate of drug-likeness (QED) is 0.838. The lowest BCUT2D eigenvalue weighted by Crippen LogP contribution is -2.36. The van der Waals surface area contributed by atoms with Crippen molar-refractivity contribution in [2.75, 3.05) is 0 Å². The fourth-order valence-electron chi connectivity index (χ4n) is 2.15. The van der Waals surface area contributed by atoms with Crippen LogP contribution in [0.5, 0.6) is 0 Å². The molecule has 0 bridgehead atoms. The van der Waals surface area contributed by atoms with Gasteiger partial charge < -0.3 is 10.5 Å². The molecule has 1 aliphatic rings. The molecule has 1 heterocycles. The molecular formula is C13H15F2NO2. The molecule has 3 nitrogen and oxygen atoms in total. The fraction of sp³-hybridized carbons (Fsp3) is 0.462. The Hall–Kier alpha value is -1.49. The van der Waals surface area contributed by atoms with Crippen LogP contribution in [0.4, 0.5) is 8.78 Å². The summed E-state index contributed by atoms with van der Waals surface area (Å²) in [6, 6.07) is 2.85. The van der Waals surface area contributed by atoms with Crippen molar-refractivity contribution in [3.63, 3.8) is 0 Å². The number of nitrogens with two attached hydrogens (primary N) is 1. The van der Waals surface area contributed by atoms with Crippen LogP contribution in [0.25, 0.3) is 0 Å². The summed E-state index contributed by atoms with van der Waals surface area (Å²) in [5.74, 6) is -1.69. The number of rotatable bonds is 3. The molecule has 0 aliphatic carbocycles. The average molecular weight is 255 g/mol. The Balaban J connectivity index is 2.03. The van der Waals surface area contributed by atoms with Gasteiger partial charge in [-0.15, -0.1) is 0 Å². The minimum Gasteiger partial charge on any atom is -0.460 e. The van der Waals surface area contributed by atoms with E-state index in [0.717, 1.165) is 6.07 Å². The van der Waals surface area contributed by atoms with E-state index in [4.69, 9.17) is 10.5 Å². The second kappa shape index (κ2) is 5.02. The highest BCUT2D eigenvalue weighted by molar-refractivity contribution is 5.74. The molecule has 1 aromatic rings. The smallest absolute Gasteiger partial charge is 0.309 e. The molecule has 5 heteroatoms. The van der Waals surface area contributed by atoms with E-state index >= 15 is 0 Å². The number of benzene rings is 1. The Kier molecular flexibility index (Phi) is 3.61. The highest BCUT2D eigenvalue weighted by atomic mass is 19.1. The standard InChI is InChI=1S/C13H15F2NO2/c1-7-2-12(18-13(7)17)11(16)5-8-3-9(14)6-10(15)4-8/h3-4,6-7,11-12H,2,5,16H2,1H3/t7-,11?,12-/m0/s1. The van der Waals surface area contributed by atoms with E-state index in [1.165, 1.54) is 12.1 Å². The third kappa shape index (κ3) is 2.85. The van der Waals surface area contributed by atoms with Gasteiger partial charge in [-0.2, -0.15) is 0 Å². The van der Waals surface area contributed by atoms with E-state index in [9.17, 15) is 13.6 Å². The summed E-state index contributed by atoms with van der Waals surface area (Å²) >= 11 is 0. The lowest BCUT2D eigenvalue weighted by Gasteiger charge is -2.18. The lowest BCUT2D eigenvalue weighted by molar-refractivity contribution is -0.144. The minimum atomic E-state index is -0.631. The van der Waals surface area contributed by atoms with E-state index in [1.54, 1.807) is 6.92 Å². The fourth-order valence-corrected chi connectivity index (χ4v) is 2.15. The van der Waals surface area contributed by atoms with Crippen molar-refractivity contribution < 1.29 is 18.3 Å². The van der Waals surface area contributed by atoms with Gasteiger partial charge in [-0.3, -0.25) is 4.79 Å². The molecule has 1 aliphatic heterocycles. The maximum absolute atomic E-state index is 13.0. The SMILES string of the molecule is C[C@H]1C[C@@H](C(N)Cc2cc(F)cc(F)c2)OC1=O. The zero-order valence-electron chi connectivity index (χ0n) is 10.0. The number of hydrogen-bond acceptors (Lipinski definition) is 3. The minimum absolute atomic E-state index is 0.162. The molecule has 0 aromatic heterocycles. The highest BCUT2D eigenvalue weighted by Crippen LogP contribution is 2.23. The Morgan fingerprint density at radius 3 is 2.50 bits per heavy atom. The Morgan fingerprint density at radius 1 is 1.39 bits per heavy atom. The van der Waals surface area contributed by atoms with Crippen LogP contribution in [0.2, 0.25) is 0 Å². The van der Waals surface area contributed by atoms with Gasteiger partial charge in [0.05, 0.1) is 5.92 Å². The van der Waals surface area contributed by atoms with Gasteiger partial charge in [0.1, 0.15) is 17.7 Å². The third-order valence-electron chi connectivity index (χ3n) is 3.13. The Bertz CT molecular complexity index is 444. The van der Waals surface area contributed by atoms with Crippen molar-refractivity contribution in [1.82, 2.24) is 0 Å². The monoisotopic (exact) mass is 255 g/mol. The number of cyclic esters (lactones) is 1. The van der Waals surface area contributed by atoms with Crippen LogP contribution < -0.4 is 5.73 Å². The molecule has 0 radical (unpaired) electrons. The maximum Gasteiger partial charge on any atom is 0.309 e. The van der Waals surface area contributed by atoms with E-state index in [0.29, 0.717) is 12.0 Å². The molecule has 1 unspecified atom stereocenters. The Morgan fingerprint density at radius 2 is 2.00 bits per heavy atom. The molecule has 2 rings (SSSR count). The third-order valence-corrected chi connectivity index (χ3v) is 3.13. The molecule has 2 N–H and O–H groups in total. The molecule has 3 atom stereocenters. The van der Waals surface area contributed by atoms with Gasteiger partial charge in [0, 0.05) is 12.1 Å². The first kappa shape index (κ1) is 13.0. The van der Waals surface area contributed by atoms with Crippen LogP contribution in [0.1, 0.15) is 18.9 Å². The zero-order valence-corrected chi connectivity index (χ0v) is 10.0. The van der Waals surface area contributed by atoms with Crippen molar-refractivity contribution >= 4 is 5.97 Å². The van der Waals surface area contributed by atoms with Crippen LogP contribution in [-0.2, 0) is 16.0 Å². The van der Waals surface area contributed by atoms with Crippen LogP contribution in [0, 0.1) is 17.6 Å². The maximum atomic E-state index is 13.0. The second-order valence-electron chi connectivity index (χ2n) is 4.76. The van der Waals surface area contributed by atoms with Gasteiger partial charge in [0.25, 0.3) is 0 Å². The Labute approximate surface area is 104 Å². The van der Waals surface area contributed by atoms with Gasteiger partial charge in [0.2, 0.25) is 0 Å². The number of ether oxygens (including phenoxy) is 1. The van der Waals surface area contributed by atoms with Crippen LogP contribution in [0.3, 0.4) is 0 Å². The summed E-state index contributed by atoms with van der Waals surface area (Å²) in [4.78, 5) is 11.3. The predicted octanol–water partition coefficient (Wildman–Crippen LogP) is 1.79. The van der Waals surface area contributed by atoms with Crippen LogP contribution in [0.15, 0.2) is 18.2 Å². The summed E-state index contributed by atoms with van der Waals surface area (Å²) in [7, 11) is 0. The molecule has 0 spiro atoms. The number of hydrogen-bond donors (Lipinski definition) is 1. The average Bonchev–Trinajstić information content (AvgIpc) is 2.57. The molecule has 98 valence electrons. The molecule has 18 heavy (non-hydrogen) atoms. The first-order valence-electron chi connectivity index (χ1n) is 5.86. The molecule has 1 aromatic carbocycles. The molecule has 0 amide bonds. The first-order chi connectivity index (χ1) is 8.45. The van der Waals surface area contributed by atoms with Gasteiger partial charge in [-0.1, -0.05) is 6.92 Å². The van der Waals surface area contributed by atoms with E-state index in [2.05, 4.69) is 0 Å². The first-order valence-corrected chi connectivity index (χ1v) is 5.86. The van der Waals surface area contributed by atoms with Crippen molar-refractivity contribution in [1.29, 1.82) is 0 Å². The summed E-state index contributed by atoms with van der Waals surface area (Å²) in [5, 5.41) is 0. The number of halogens is 2. The largest absolute Gasteiger partial charge is 0.460 e. The highest BCUT2D eigenvalue weighted by Gasteiger charge is 2.34. The number of carbonyl (C=O) groups is 1. The van der Waals surface area contributed by atoms with Crippen LogP contribution >= 0.6 is 0 Å². The van der Waals surface area contributed by atoms with Gasteiger partial charge in [-0.25, -0.2) is 8.78 Å². The summed E-state index contributed by atoms with van der Waals surface area (Å²) in [6.07, 6.45) is 0.454. The van der Waals surface area contributed by atoms with Crippen LogP contribution in [-0.4, -0.2) is 18.1 Å². The van der Waals surface area contributed by atoms with E-state index in [-0.39, 0.29) is 24.4 Å². The van der Waals surface area contributed by atoms with Crippen molar-refractivity contribution in [2.45, 2.75) is 31.9 Å². The van der Waals surface area contributed by atoms with E-state index in [1.807, 2.05) is 0 Å². The molecule has 0 saturated carbocycles. The summed E-state index contributed by atoms with van der Waals surface area (Å²) in [5.41, 5.74) is 6.38. The van der Waals surface area contributed by atoms with Crippen molar-refractivity contribution in [3.05, 3.63) is 35.4 Å².